The average Bonchev–Trinajstić information content (AvgIpc) is 2.60. The molecule has 0 aromatic heterocycles. The van der Waals surface area contributed by atoms with Gasteiger partial charge in [0.05, 0.1) is 0 Å². The number of phenols is 2. The van der Waals surface area contributed by atoms with Gasteiger partial charge in [0.25, 0.3) is 0 Å². The van der Waals surface area contributed by atoms with Crippen molar-refractivity contribution in [3.63, 3.8) is 0 Å². The Bertz CT molecular complexity index is 386. The minimum atomic E-state index is -0.794. The van der Waals surface area contributed by atoms with Gasteiger partial charge in [-0.15, -0.1) is 0 Å². The second-order valence-corrected chi connectivity index (χ2v) is 4.18. The molecule has 4 heteroatoms. The van der Waals surface area contributed by atoms with Crippen LogP contribution in [0.2, 0.25) is 0 Å². The molecular formula is C11H14FNO2. The standard InChI is InChI=1S/C11H14FNO2/c1-11(3-2-4-13-11)7-5-10(15)8(12)6-9(7)14/h5-6,13-15H,2-4H2,1H3. The number of phenolic OH excluding ortho intramolecular Hbond substituents is 2. The third-order valence-corrected chi connectivity index (χ3v) is 3.03. The summed E-state index contributed by atoms with van der Waals surface area (Å²) in [6.45, 7) is 2.81. The highest BCUT2D eigenvalue weighted by Gasteiger charge is 2.33. The number of rotatable bonds is 1. The Morgan fingerprint density at radius 1 is 1.33 bits per heavy atom. The zero-order valence-corrected chi connectivity index (χ0v) is 8.55. The number of aromatic hydroxyl groups is 2. The van der Waals surface area contributed by atoms with E-state index in [1.807, 2.05) is 6.92 Å². The van der Waals surface area contributed by atoms with E-state index in [0.29, 0.717) is 5.56 Å². The predicted molar refractivity (Wildman–Crippen MR) is 54.3 cm³/mol. The van der Waals surface area contributed by atoms with E-state index < -0.39 is 11.6 Å². The molecular weight excluding hydrogens is 197 g/mol. The summed E-state index contributed by atoms with van der Waals surface area (Å²) in [6.07, 6.45) is 1.87. The topological polar surface area (TPSA) is 52.5 Å². The van der Waals surface area contributed by atoms with Crippen LogP contribution in [-0.4, -0.2) is 16.8 Å². The molecule has 1 aromatic carbocycles. The van der Waals surface area contributed by atoms with E-state index in [9.17, 15) is 14.6 Å². The van der Waals surface area contributed by atoms with Crippen LogP contribution in [0.5, 0.6) is 11.5 Å². The molecule has 1 saturated heterocycles. The summed E-state index contributed by atoms with van der Waals surface area (Å²) in [5.74, 6) is -1.32. The van der Waals surface area contributed by atoms with E-state index in [1.165, 1.54) is 6.07 Å². The summed E-state index contributed by atoms with van der Waals surface area (Å²) < 4.78 is 12.9. The highest BCUT2D eigenvalue weighted by molar-refractivity contribution is 5.44. The molecule has 1 unspecified atom stereocenters. The Labute approximate surface area is 87.6 Å². The van der Waals surface area contributed by atoms with Crippen LogP contribution in [-0.2, 0) is 5.54 Å². The number of benzene rings is 1. The van der Waals surface area contributed by atoms with Gasteiger partial charge in [-0.3, -0.25) is 0 Å². The van der Waals surface area contributed by atoms with E-state index in [2.05, 4.69) is 5.32 Å². The molecule has 0 spiro atoms. The van der Waals surface area contributed by atoms with Gasteiger partial charge in [-0.1, -0.05) is 0 Å². The fourth-order valence-electron chi connectivity index (χ4n) is 2.12. The minimum absolute atomic E-state index is 0.109. The summed E-state index contributed by atoms with van der Waals surface area (Å²) in [5, 5.41) is 22.2. The lowest BCUT2D eigenvalue weighted by Gasteiger charge is -2.26. The Morgan fingerprint density at radius 2 is 2.07 bits per heavy atom. The Hall–Kier alpha value is -1.29. The molecule has 1 aliphatic rings. The van der Waals surface area contributed by atoms with Crippen molar-refractivity contribution in [3.05, 3.63) is 23.5 Å². The molecule has 0 saturated carbocycles. The SMILES string of the molecule is CC1(c2cc(O)c(F)cc2O)CCCN1. The molecule has 2 rings (SSSR count). The van der Waals surface area contributed by atoms with Crippen molar-refractivity contribution in [1.82, 2.24) is 5.32 Å². The maximum Gasteiger partial charge on any atom is 0.168 e. The molecule has 15 heavy (non-hydrogen) atoms. The summed E-state index contributed by atoms with van der Waals surface area (Å²) in [5.41, 5.74) is 0.189. The van der Waals surface area contributed by atoms with Crippen LogP contribution in [0.25, 0.3) is 0 Å². The molecule has 1 aliphatic heterocycles. The summed E-state index contributed by atoms with van der Waals surface area (Å²) in [6, 6.07) is 2.25. The van der Waals surface area contributed by atoms with Crippen molar-refractivity contribution in [1.29, 1.82) is 0 Å². The Morgan fingerprint density at radius 3 is 2.67 bits per heavy atom. The molecule has 82 valence electrons. The van der Waals surface area contributed by atoms with Crippen molar-refractivity contribution < 1.29 is 14.6 Å². The Balaban J connectivity index is 2.48. The molecule has 3 N–H and O–H groups in total. The predicted octanol–water partition coefficient (Wildman–Crippen LogP) is 1.84. The fourth-order valence-corrected chi connectivity index (χ4v) is 2.12. The monoisotopic (exact) mass is 211 g/mol. The van der Waals surface area contributed by atoms with Crippen LogP contribution in [0, 0.1) is 5.82 Å². The highest BCUT2D eigenvalue weighted by Crippen LogP contribution is 2.38. The molecule has 0 radical (unpaired) electrons. The van der Waals surface area contributed by atoms with Crippen molar-refractivity contribution in [2.45, 2.75) is 25.3 Å². The van der Waals surface area contributed by atoms with Crippen molar-refractivity contribution in [2.24, 2.45) is 0 Å². The van der Waals surface area contributed by atoms with Crippen LogP contribution < -0.4 is 5.32 Å². The van der Waals surface area contributed by atoms with Gasteiger partial charge in [0.1, 0.15) is 5.75 Å². The maximum atomic E-state index is 12.9. The van der Waals surface area contributed by atoms with Gasteiger partial charge < -0.3 is 15.5 Å². The van der Waals surface area contributed by atoms with Gasteiger partial charge in [-0.05, 0) is 32.4 Å². The number of hydrogen-bond acceptors (Lipinski definition) is 3. The van der Waals surface area contributed by atoms with Crippen molar-refractivity contribution in [3.8, 4) is 11.5 Å². The van der Waals surface area contributed by atoms with Gasteiger partial charge in [0.15, 0.2) is 11.6 Å². The number of hydrogen-bond donors (Lipinski definition) is 3. The van der Waals surface area contributed by atoms with E-state index in [-0.39, 0.29) is 11.3 Å². The van der Waals surface area contributed by atoms with Gasteiger partial charge in [0.2, 0.25) is 0 Å². The molecule has 0 aliphatic carbocycles. The first-order chi connectivity index (χ1) is 7.03. The molecule has 1 aromatic rings. The van der Waals surface area contributed by atoms with E-state index in [1.54, 1.807) is 0 Å². The van der Waals surface area contributed by atoms with Gasteiger partial charge in [-0.2, -0.15) is 0 Å². The third-order valence-electron chi connectivity index (χ3n) is 3.03. The quantitative estimate of drug-likeness (QED) is 0.621. The van der Waals surface area contributed by atoms with Gasteiger partial charge in [-0.25, -0.2) is 4.39 Å². The largest absolute Gasteiger partial charge is 0.507 e. The zero-order chi connectivity index (χ0) is 11.1. The van der Waals surface area contributed by atoms with Crippen LogP contribution >= 0.6 is 0 Å². The number of nitrogens with one attached hydrogen (secondary N) is 1. The summed E-state index contributed by atoms with van der Waals surface area (Å²) in [4.78, 5) is 0. The van der Waals surface area contributed by atoms with E-state index in [4.69, 9.17) is 0 Å². The second kappa shape index (κ2) is 3.38. The van der Waals surface area contributed by atoms with Crippen LogP contribution in [0.15, 0.2) is 12.1 Å². The fraction of sp³-hybridized carbons (Fsp3) is 0.455. The average molecular weight is 211 g/mol. The summed E-state index contributed by atoms with van der Waals surface area (Å²) in [7, 11) is 0. The lowest BCUT2D eigenvalue weighted by atomic mass is 9.89. The molecule has 1 fully saturated rings. The summed E-state index contributed by atoms with van der Waals surface area (Å²) >= 11 is 0. The van der Waals surface area contributed by atoms with Crippen LogP contribution in [0.1, 0.15) is 25.3 Å². The van der Waals surface area contributed by atoms with Gasteiger partial charge >= 0.3 is 0 Å². The van der Waals surface area contributed by atoms with Crippen molar-refractivity contribution in [2.75, 3.05) is 6.54 Å². The van der Waals surface area contributed by atoms with Crippen molar-refractivity contribution >= 4 is 0 Å². The second-order valence-electron chi connectivity index (χ2n) is 4.18. The normalized spacial score (nSPS) is 25.7. The minimum Gasteiger partial charge on any atom is -0.507 e. The zero-order valence-electron chi connectivity index (χ0n) is 8.55. The van der Waals surface area contributed by atoms with Crippen LogP contribution in [0.3, 0.4) is 0 Å². The molecule has 0 bridgehead atoms. The Kier molecular flexibility index (Phi) is 2.31. The number of halogens is 1. The first kappa shape index (κ1) is 10.2. The molecule has 1 heterocycles. The smallest absolute Gasteiger partial charge is 0.168 e. The van der Waals surface area contributed by atoms with Crippen LogP contribution in [0.4, 0.5) is 4.39 Å². The van der Waals surface area contributed by atoms with Gasteiger partial charge in [0, 0.05) is 17.2 Å². The highest BCUT2D eigenvalue weighted by atomic mass is 19.1. The van der Waals surface area contributed by atoms with E-state index >= 15 is 0 Å². The lowest BCUT2D eigenvalue weighted by Crippen LogP contribution is -2.33. The van der Waals surface area contributed by atoms with E-state index in [0.717, 1.165) is 25.5 Å². The first-order valence-corrected chi connectivity index (χ1v) is 5.00. The molecule has 3 nitrogen and oxygen atoms in total. The maximum absolute atomic E-state index is 12.9. The first-order valence-electron chi connectivity index (χ1n) is 5.00. The lowest BCUT2D eigenvalue weighted by molar-refractivity contribution is 0.378. The molecule has 0 amide bonds. The molecule has 1 atom stereocenters. The third kappa shape index (κ3) is 1.65.